The van der Waals surface area contributed by atoms with Gasteiger partial charge in [0, 0.05) is 18.6 Å². The third-order valence-corrected chi connectivity index (χ3v) is 4.98. The molecule has 0 unspecified atom stereocenters. The van der Waals surface area contributed by atoms with E-state index in [2.05, 4.69) is 21.2 Å². The predicted molar refractivity (Wildman–Crippen MR) is 75.0 cm³/mol. The van der Waals surface area contributed by atoms with Gasteiger partial charge in [-0.2, -0.15) is 4.31 Å². The Bertz CT molecular complexity index is 644. The van der Waals surface area contributed by atoms with Crippen LogP contribution in [0.15, 0.2) is 27.6 Å². The summed E-state index contributed by atoms with van der Waals surface area (Å²) in [5, 5.41) is 11.2. The number of carbonyl (C=O) groups excluding carboxylic acids is 1. The van der Waals surface area contributed by atoms with E-state index in [0.717, 1.165) is 4.31 Å². The number of likely N-dealkylation sites (N-methyl/N-ethyl adjacent to an activating group) is 2. The van der Waals surface area contributed by atoms with Gasteiger partial charge in [0.2, 0.25) is 15.9 Å². The Balaban J connectivity index is 3.13. The van der Waals surface area contributed by atoms with Crippen molar-refractivity contribution in [3.8, 4) is 0 Å². The lowest BCUT2D eigenvalue weighted by molar-refractivity contribution is -0.120. The highest BCUT2D eigenvalue weighted by Gasteiger charge is 2.24. The number of carboxylic acid groups (broad SMARTS) is 1. The van der Waals surface area contributed by atoms with Crippen LogP contribution in [-0.4, -0.2) is 50.3 Å². The highest BCUT2D eigenvalue weighted by molar-refractivity contribution is 9.10. The normalized spacial score (nSPS) is 11.4. The van der Waals surface area contributed by atoms with E-state index >= 15 is 0 Å². The Morgan fingerprint density at radius 2 is 2.00 bits per heavy atom. The highest BCUT2D eigenvalue weighted by Crippen LogP contribution is 2.23. The summed E-state index contributed by atoms with van der Waals surface area (Å²) >= 11 is 3.01. The first-order chi connectivity index (χ1) is 9.20. The van der Waals surface area contributed by atoms with Crippen LogP contribution in [0.2, 0.25) is 0 Å². The molecule has 1 aromatic carbocycles. The zero-order valence-electron chi connectivity index (χ0n) is 10.8. The second-order valence-electron chi connectivity index (χ2n) is 3.88. The molecule has 0 saturated heterocycles. The number of amides is 1. The Morgan fingerprint density at radius 1 is 1.40 bits per heavy atom. The number of carbonyl (C=O) groups is 2. The zero-order valence-corrected chi connectivity index (χ0v) is 13.2. The number of hydrogen-bond acceptors (Lipinski definition) is 4. The van der Waals surface area contributed by atoms with Crippen molar-refractivity contribution in [2.24, 2.45) is 0 Å². The zero-order chi connectivity index (χ0) is 15.5. The summed E-state index contributed by atoms with van der Waals surface area (Å²) in [4.78, 5) is 22.0. The molecule has 2 N–H and O–H groups in total. The van der Waals surface area contributed by atoms with E-state index in [1.807, 2.05) is 0 Å². The number of carboxylic acids is 1. The van der Waals surface area contributed by atoms with E-state index in [-0.39, 0.29) is 21.5 Å². The molecule has 7 nitrogen and oxygen atoms in total. The van der Waals surface area contributed by atoms with Gasteiger partial charge in [-0.3, -0.25) is 4.79 Å². The second kappa shape index (κ2) is 6.33. The van der Waals surface area contributed by atoms with E-state index in [1.165, 1.54) is 32.3 Å². The van der Waals surface area contributed by atoms with Crippen molar-refractivity contribution in [2.45, 2.75) is 4.90 Å². The molecule has 20 heavy (non-hydrogen) atoms. The van der Waals surface area contributed by atoms with Gasteiger partial charge in [-0.15, -0.1) is 0 Å². The quantitative estimate of drug-likeness (QED) is 0.792. The molecule has 0 saturated carbocycles. The lowest BCUT2D eigenvalue weighted by Gasteiger charge is -2.16. The molecule has 0 radical (unpaired) electrons. The number of nitrogens with zero attached hydrogens (tertiary/aromatic N) is 1. The standard InChI is InChI=1S/C11H13BrN2O5S/c1-13-10(15)6-14(2)20(18,19)7-3-4-8(11(16)17)9(12)5-7/h3-5H,6H2,1-2H3,(H,13,15)(H,16,17). The van der Waals surface area contributed by atoms with Gasteiger partial charge in [-0.05, 0) is 34.1 Å². The van der Waals surface area contributed by atoms with Crippen molar-refractivity contribution >= 4 is 37.8 Å². The molecule has 0 aliphatic heterocycles. The fraction of sp³-hybridized carbons (Fsp3) is 0.273. The monoisotopic (exact) mass is 364 g/mol. The van der Waals surface area contributed by atoms with E-state index in [9.17, 15) is 18.0 Å². The van der Waals surface area contributed by atoms with E-state index in [4.69, 9.17) is 5.11 Å². The maximum Gasteiger partial charge on any atom is 0.336 e. The molecular formula is C11H13BrN2O5S. The molecule has 0 spiro atoms. The first-order valence-electron chi connectivity index (χ1n) is 5.40. The van der Waals surface area contributed by atoms with Crippen molar-refractivity contribution in [1.29, 1.82) is 0 Å². The van der Waals surface area contributed by atoms with Gasteiger partial charge < -0.3 is 10.4 Å². The lowest BCUT2D eigenvalue weighted by atomic mass is 10.2. The topological polar surface area (TPSA) is 104 Å². The fourth-order valence-electron chi connectivity index (χ4n) is 1.38. The molecule has 0 heterocycles. The van der Waals surface area contributed by atoms with Crippen LogP contribution in [0.3, 0.4) is 0 Å². The molecule has 0 aliphatic rings. The number of hydrogen-bond donors (Lipinski definition) is 2. The maximum atomic E-state index is 12.2. The molecule has 0 aliphatic carbocycles. The summed E-state index contributed by atoms with van der Waals surface area (Å²) in [6.07, 6.45) is 0. The summed E-state index contributed by atoms with van der Waals surface area (Å²) in [6.45, 7) is -0.322. The van der Waals surface area contributed by atoms with Crippen LogP contribution in [-0.2, 0) is 14.8 Å². The van der Waals surface area contributed by atoms with Gasteiger partial charge >= 0.3 is 5.97 Å². The van der Waals surface area contributed by atoms with Crippen LogP contribution < -0.4 is 5.32 Å². The number of sulfonamides is 1. The smallest absolute Gasteiger partial charge is 0.336 e. The maximum absolute atomic E-state index is 12.2. The summed E-state index contributed by atoms with van der Waals surface area (Å²) in [5.74, 6) is -1.61. The highest BCUT2D eigenvalue weighted by atomic mass is 79.9. The minimum absolute atomic E-state index is 0.0436. The lowest BCUT2D eigenvalue weighted by Crippen LogP contribution is -2.36. The van der Waals surface area contributed by atoms with Gasteiger partial charge in [0.1, 0.15) is 0 Å². The molecule has 110 valence electrons. The van der Waals surface area contributed by atoms with Crippen LogP contribution in [0.25, 0.3) is 0 Å². The second-order valence-corrected chi connectivity index (χ2v) is 6.78. The first kappa shape index (κ1) is 16.6. The van der Waals surface area contributed by atoms with Crippen LogP contribution in [0, 0.1) is 0 Å². The van der Waals surface area contributed by atoms with Crippen LogP contribution in [0.1, 0.15) is 10.4 Å². The third-order valence-electron chi connectivity index (χ3n) is 2.52. The largest absolute Gasteiger partial charge is 0.478 e. The predicted octanol–water partition coefficient (Wildman–Crippen LogP) is 0.514. The average Bonchev–Trinajstić information content (AvgIpc) is 2.37. The number of nitrogens with one attached hydrogen (secondary N) is 1. The van der Waals surface area contributed by atoms with E-state index in [0.29, 0.717) is 0 Å². The number of halogens is 1. The van der Waals surface area contributed by atoms with Gasteiger partial charge in [0.15, 0.2) is 0 Å². The summed E-state index contributed by atoms with van der Waals surface area (Å²) < 4.78 is 25.4. The molecule has 0 aromatic heterocycles. The molecule has 1 rings (SSSR count). The van der Waals surface area contributed by atoms with Gasteiger partial charge in [0.25, 0.3) is 0 Å². The van der Waals surface area contributed by atoms with Crippen molar-refractivity contribution < 1.29 is 23.1 Å². The summed E-state index contributed by atoms with van der Waals surface area (Å²) in [6, 6.07) is 3.57. The van der Waals surface area contributed by atoms with Crippen LogP contribution >= 0.6 is 15.9 Å². The Labute approximate surface area is 124 Å². The fourth-order valence-corrected chi connectivity index (χ4v) is 3.23. The Kier molecular flexibility index (Phi) is 5.26. The van der Waals surface area contributed by atoms with Crippen molar-refractivity contribution in [3.05, 3.63) is 28.2 Å². The molecule has 1 amide bonds. The van der Waals surface area contributed by atoms with Crippen molar-refractivity contribution in [3.63, 3.8) is 0 Å². The SMILES string of the molecule is CNC(=O)CN(C)S(=O)(=O)c1ccc(C(=O)O)c(Br)c1. The number of benzene rings is 1. The molecule has 9 heteroatoms. The molecule has 0 atom stereocenters. The number of aromatic carboxylic acids is 1. The van der Waals surface area contributed by atoms with Gasteiger partial charge in [0.05, 0.1) is 17.0 Å². The molecular weight excluding hydrogens is 352 g/mol. The van der Waals surface area contributed by atoms with Gasteiger partial charge in [-0.1, -0.05) is 0 Å². The number of rotatable bonds is 5. The van der Waals surface area contributed by atoms with Crippen LogP contribution in [0.4, 0.5) is 0 Å². The van der Waals surface area contributed by atoms with E-state index in [1.54, 1.807) is 0 Å². The Morgan fingerprint density at radius 3 is 2.45 bits per heavy atom. The van der Waals surface area contributed by atoms with Crippen molar-refractivity contribution in [1.82, 2.24) is 9.62 Å². The Hall–Kier alpha value is -1.45. The molecule has 1 aromatic rings. The summed E-state index contributed by atoms with van der Waals surface area (Å²) in [7, 11) is -1.19. The van der Waals surface area contributed by atoms with Crippen molar-refractivity contribution in [2.75, 3.05) is 20.6 Å². The average molecular weight is 365 g/mol. The third kappa shape index (κ3) is 3.56. The minimum atomic E-state index is -3.86. The minimum Gasteiger partial charge on any atom is -0.478 e. The summed E-state index contributed by atoms with van der Waals surface area (Å²) in [5.41, 5.74) is -0.0436. The van der Waals surface area contributed by atoms with Crippen LogP contribution in [0.5, 0.6) is 0 Å². The molecule has 0 fully saturated rings. The van der Waals surface area contributed by atoms with Gasteiger partial charge in [-0.25, -0.2) is 13.2 Å². The first-order valence-corrected chi connectivity index (χ1v) is 7.63. The van der Waals surface area contributed by atoms with E-state index < -0.39 is 21.9 Å². The molecule has 0 bridgehead atoms.